The van der Waals surface area contributed by atoms with Gasteiger partial charge in [-0.05, 0) is 65.6 Å². The maximum absolute atomic E-state index is 11.5. The lowest BCUT2D eigenvalue weighted by molar-refractivity contribution is -0.193. The Morgan fingerprint density at radius 3 is 0.676 bits per heavy atom. The zero-order chi connectivity index (χ0) is 113. The van der Waals surface area contributed by atoms with Crippen LogP contribution in [0.1, 0.15) is 404 Å². The minimum atomic E-state index is 0.106. The van der Waals surface area contributed by atoms with Crippen LogP contribution in [0.15, 0.2) is 0 Å². The Morgan fingerprint density at radius 1 is 0.301 bits per heavy atom. The summed E-state index contributed by atoms with van der Waals surface area (Å²) in [6, 6.07) is 0. The van der Waals surface area contributed by atoms with E-state index in [0.717, 1.165) is 83.0 Å². The van der Waals surface area contributed by atoms with Gasteiger partial charge < -0.3 is 4.74 Å². The number of Topliss-reactive ketones (excluding diaryl/α,β-unsaturated/α-hetero) is 11. The van der Waals surface area contributed by atoms with Crippen molar-refractivity contribution in [3.63, 3.8) is 0 Å². The number of methoxy groups -OCH3 is 1. The normalized spacial score (nSPS) is 10.7. The Bertz CT molecular complexity index is 3000. The first kappa shape index (κ1) is 175. The number of rotatable bonds is 33. The summed E-state index contributed by atoms with van der Waals surface area (Å²) in [5.74, 6) is 8.70. The first-order valence-corrected chi connectivity index (χ1v) is 45.6. The van der Waals surface area contributed by atoms with E-state index >= 15 is 0 Å². The van der Waals surface area contributed by atoms with Crippen molar-refractivity contribution in [2.75, 3.05) is 13.7 Å². The molecule has 2 fully saturated rings. The summed E-state index contributed by atoms with van der Waals surface area (Å²) in [4.78, 5) is 300. The van der Waals surface area contributed by atoms with Gasteiger partial charge >= 0.3 is 67.7 Å². The maximum Gasteiger partial charge on any atom is 0.373 e. The first-order valence-electron chi connectivity index (χ1n) is 45.6. The fourth-order valence-electron chi connectivity index (χ4n) is 9.08. The Morgan fingerprint density at radius 2 is 0.529 bits per heavy atom. The molecule has 1 unspecified atom stereocenters. The molecule has 0 radical (unpaired) electrons. The molecular formula is C102H178O34. The van der Waals surface area contributed by atoms with Crippen LogP contribution in [0.2, 0.25) is 0 Å². The standard InChI is InChI=1S/C11H20O.C10H18O.C10H20O.2C9H18O.2C8H16O.2C7H14O.C6H12O2.C6H12O.11CO2/c1-9(2)10(12)8-11(3)6-4-5-7-11;1-8(2)10(11)7-9-5-3-4-6-9;1-6-10(4,5)7-9(11)8(2)3;1-7(2)8(10)6-9(3,4)5;1-5-8(4)6-9(10)7(2)3;2*1-6(2)5-8(9)7(3)4;2*1-4-5-7(8)6(2)3;1-5(2)6(7)4-8-3;1-4-6(7)5(2)3;11*2-1-3/h9H,4-8H2,1-3H3;8-9H,3-7H2,1-2H3;8H,6-7H2,1-5H3;7H,6H2,1-5H3;7-8H,5-6H2,1-4H3;2*6-7H,5H2,1-4H3;2*6H,4-5H2,1-3H3;5H,4H2,1-3H3;5H,4H2,1-3H3;;;;;;;;;;;. The Kier molecular flexibility index (Phi) is 168. The molecule has 0 heterocycles. The van der Waals surface area contributed by atoms with Gasteiger partial charge in [-0.15, -0.1) is 0 Å². The van der Waals surface area contributed by atoms with Gasteiger partial charge in [-0.3, -0.25) is 52.7 Å². The van der Waals surface area contributed by atoms with Crippen LogP contribution in [0.4, 0.5) is 0 Å². The van der Waals surface area contributed by atoms with Crippen LogP contribution in [0.25, 0.3) is 0 Å². The van der Waals surface area contributed by atoms with Gasteiger partial charge in [0.25, 0.3) is 0 Å². The molecule has 2 aliphatic carbocycles. The highest BCUT2D eigenvalue weighted by Gasteiger charge is 2.31. The van der Waals surface area contributed by atoms with Crippen LogP contribution in [-0.4, -0.2) is 145 Å². The van der Waals surface area contributed by atoms with Crippen LogP contribution < -0.4 is 0 Å². The van der Waals surface area contributed by atoms with E-state index in [1.54, 1.807) is 0 Å². The van der Waals surface area contributed by atoms with Gasteiger partial charge in [0.05, 0.1) is 0 Å². The summed E-state index contributed by atoms with van der Waals surface area (Å²) < 4.78 is 4.62. The Balaban J connectivity index is -0.0000000586. The molecule has 0 aromatic heterocycles. The fraction of sp³-hybridized carbons (Fsp3) is 0.784. The Labute approximate surface area is 813 Å². The van der Waals surface area contributed by atoms with Crippen LogP contribution in [0.3, 0.4) is 0 Å². The minimum absolute atomic E-state index is 0.106. The average Bonchev–Trinajstić information content (AvgIpc) is 1.72. The van der Waals surface area contributed by atoms with Gasteiger partial charge in [0.1, 0.15) is 64.4 Å². The molecule has 0 aromatic carbocycles. The largest absolute Gasteiger partial charge is 0.377 e. The van der Waals surface area contributed by atoms with Crippen molar-refractivity contribution in [2.24, 2.45) is 105 Å². The minimum Gasteiger partial charge on any atom is -0.377 e. The van der Waals surface area contributed by atoms with E-state index in [9.17, 15) is 52.7 Å². The van der Waals surface area contributed by atoms with Gasteiger partial charge in [0.2, 0.25) is 0 Å². The lowest BCUT2D eigenvalue weighted by Gasteiger charge is -2.23. The van der Waals surface area contributed by atoms with Crippen LogP contribution >= 0.6 is 0 Å². The molecule has 136 heavy (non-hydrogen) atoms. The number of hydrogen-bond donors (Lipinski definition) is 0. The second-order valence-corrected chi connectivity index (χ2v) is 36.9. The maximum atomic E-state index is 11.5. The summed E-state index contributed by atoms with van der Waals surface area (Å²) in [6.45, 7) is 76.6. The van der Waals surface area contributed by atoms with Crippen molar-refractivity contribution in [2.45, 2.75) is 404 Å². The quantitative estimate of drug-likeness (QED) is 0.0589. The molecule has 0 N–H and O–H groups in total. The molecule has 34 heteroatoms. The molecule has 1 atom stereocenters. The third kappa shape index (κ3) is 199. The zero-order valence-electron chi connectivity index (χ0n) is 90.3. The summed E-state index contributed by atoms with van der Waals surface area (Å²) in [5, 5.41) is 0. The van der Waals surface area contributed by atoms with E-state index in [1.165, 1.54) is 58.5 Å². The highest BCUT2D eigenvalue weighted by atomic mass is 16.5. The lowest BCUT2D eigenvalue weighted by atomic mass is 9.81. The number of carbonyl (C=O) groups excluding carboxylic acids is 33. The van der Waals surface area contributed by atoms with E-state index in [1.807, 2.05) is 173 Å². The summed E-state index contributed by atoms with van der Waals surface area (Å²) in [5.41, 5.74) is 0.698. The molecule has 2 aliphatic rings. The van der Waals surface area contributed by atoms with Gasteiger partial charge in [-0.1, -0.05) is 314 Å². The Hall–Kier alpha value is -10.5. The first-order chi connectivity index (χ1) is 62.4. The van der Waals surface area contributed by atoms with E-state index in [4.69, 9.17) is 105 Å². The second kappa shape index (κ2) is 131. The van der Waals surface area contributed by atoms with Crippen molar-refractivity contribution in [1.82, 2.24) is 0 Å². The highest BCUT2D eigenvalue weighted by molar-refractivity contribution is 5.84. The van der Waals surface area contributed by atoms with E-state index in [2.05, 4.69) is 94.7 Å². The molecule has 0 amide bonds. The zero-order valence-corrected chi connectivity index (χ0v) is 90.3. The monoisotopic (exact) mass is 1950 g/mol. The molecule has 2 rings (SSSR count). The van der Waals surface area contributed by atoms with Gasteiger partial charge in [-0.25, -0.2) is 0 Å². The third-order valence-electron chi connectivity index (χ3n) is 17.9. The third-order valence-corrected chi connectivity index (χ3v) is 17.9. The van der Waals surface area contributed by atoms with Crippen molar-refractivity contribution in [3.05, 3.63) is 0 Å². The lowest BCUT2D eigenvalue weighted by Crippen LogP contribution is -2.20. The van der Waals surface area contributed by atoms with Crippen LogP contribution in [0, 0.1) is 105 Å². The van der Waals surface area contributed by atoms with E-state index < -0.39 is 0 Å². The predicted molar refractivity (Wildman–Crippen MR) is 499 cm³/mol. The number of ether oxygens (including phenoxy) is 1. The van der Waals surface area contributed by atoms with Gasteiger partial charge in [-0.2, -0.15) is 105 Å². The molecule has 0 saturated heterocycles. The van der Waals surface area contributed by atoms with Crippen molar-refractivity contribution >= 4 is 131 Å². The van der Waals surface area contributed by atoms with E-state index in [-0.39, 0.29) is 156 Å². The molecule has 2 saturated carbocycles. The smallest absolute Gasteiger partial charge is 0.373 e. The van der Waals surface area contributed by atoms with Crippen molar-refractivity contribution in [3.8, 4) is 0 Å². The van der Waals surface area contributed by atoms with Gasteiger partial charge in [0.15, 0.2) is 5.78 Å². The van der Waals surface area contributed by atoms with Crippen molar-refractivity contribution < 1.29 is 163 Å². The number of ketones is 11. The molecule has 0 spiro atoms. The number of carbonyl (C=O) groups is 11. The molecule has 0 bridgehead atoms. The van der Waals surface area contributed by atoms with Gasteiger partial charge in [0, 0.05) is 136 Å². The SMILES string of the molecule is CC(C)C(=O)CC(C)(C)C.CC(C)C(=O)CC1(C)CCCC1.CC(C)C(=O)CC1CCCC1.CC(C)CC(=O)C(C)C.CC(C)CC(=O)C(C)C.CCC(=O)C(C)C.CCC(C)(C)CC(=O)C(C)C.CCC(C)CC(=O)C(C)C.CCCC(=O)C(C)C.CCCC(=O)C(C)C.COCC(=O)C(C)C.O=C=O.O=C=O.O=C=O.O=C=O.O=C=O.O=C=O.O=C=O.O=C=O.O=C=O.O=C=O.O=C=O. The average molecular weight is 1950 g/mol. The summed E-state index contributed by atoms with van der Waals surface area (Å²) in [6.07, 6.45) is 24.8. The molecule has 790 valence electrons. The molecular weight excluding hydrogens is 1770 g/mol. The molecule has 0 aliphatic heterocycles. The topological polar surface area (TPSA) is 573 Å². The summed E-state index contributed by atoms with van der Waals surface area (Å²) >= 11 is 0. The fourth-order valence-corrected chi connectivity index (χ4v) is 9.08. The van der Waals surface area contributed by atoms with Crippen LogP contribution in [-0.2, 0) is 163 Å². The van der Waals surface area contributed by atoms with E-state index in [0.29, 0.717) is 93.8 Å². The molecule has 0 aromatic rings. The van der Waals surface area contributed by atoms with Crippen molar-refractivity contribution in [1.29, 1.82) is 0 Å². The summed E-state index contributed by atoms with van der Waals surface area (Å²) in [7, 11) is 1.53. The van der Waals surface area contributed by atoms with Crippen LogP contribution in [0.5, 0.6) is 0 Å². The highest BCUT2D eigenvalue weighted by Crippen LogP contribution is 2.41. The molecule has 34 nitrogen and oxygen atoms in total. The number of hydrogen-bond acceptors (Lipinski definition) is 34. The predicted octanol–water partition coefficient (Wildman–Crippen LogP) is 18.9. The second-order valence-electron chi connectivity index (χ2n) is 36.9.